The zero-order chi connectivity index (χ0) is 20.5. The quantitative estimate of drug-likeness (QED) is 0.462. The summed E-state index contributed by atoms with van der Waals surface area (Å²) in [6.07, 6.45) is 1.85. The maximum absolute atomic E-state index is 12.7. The van der Waals surface area contributed by atoms with E-state index >= 15 is 0 Å². The number of carbonyl (C=O) groups excluding carboxylic acids is 1. The van der Waals surface area contributed by atoms with Gasteiger partial charge in [0.2, 0.25) is 0 Å². The molecule has 3 nitrogen and oxygen atoms in total. The van der Waals surface area contributed by atoms with Crippen LogP contribution in [0, 0.1) is 0 Å². The van der Waals surface area contributed by atoms with Crippen molar-refractivity contribution in [2.75, 3.05) is 7.11 Å². The van der Waals surface area contributed by atoms with Crippen molar-refractivity contribution in [3.63, 3.8) is 0 Å². The Morgan fingerprint density at radius 2 is 1.69 bits per heavy atom. The van der Waals surface area contributed by atoms with E-state index in [1.807, 2.05) is 54.6 Å². The number of hydrogen-bond acceptors (Lipinski definition) is 3. The minimum absolute atomic E-state index is 0.0424. The summed E-state index contributed by atoms with van der Waals surface area (Å²) in [6, 6.07) is 26.3. The van der Waals surface area contributed by atoms with E-state index in [2.05, 4.69) is 36.5 Å². The van der Waals surface area contributed by atoms with E-state index in [1.165, 1.54) is 10.5 Å². The highest BCUT2D eigenvalue weighted by atomic mass is 32.2. The molecule has 0 radical (unpaired) electrons. The third-order valence-electron chi connectivity index (χ3n) is 4.77. The Labute approximate surface area is 177 Å². The molecule has 0 fully saturated rings. The molecule has 0 unspecified atom stereocenters. The highest BCUT2D eigenvalue weighted by Crippen LogP contribution is 2.28. The van der Waals surface area contributed by atoms with Crippen LogP contribution in [0.3, 0.4) is 0 Å². The molecule has 3 rings (SSSR count). The number of ether oxygens (including phenoxy) is 1. The Hall–Kier alpha value is -2.72. The molecule has 0 aliphatic carbocycles. The molecule has 3 aromatic rings. The molecule has 1 amide bonds. The molecule has 150 valence electrons. The molecule has 0 saturated carbocycles. The van der Waals surface area contributed by atoms with Crippen LogP contribution in [0.5, 0.6) is 5.75 Å². The van der Waals surface area contributed by atoms with Gasteiger partial charge in [0, 0.05) is 27.8 Å². The molecule has 4 heteroatoms. The number of carbonyl (C=O) groups is 1. The highest BCUT2D eigenvalue weighted by Gasteiger charge is 2.13. The summed E-state index contributed by atoms with van der Waals surface area (Å²) in [5, 5.41) is 3.12. The van der Waals surface area contributed by atoms with Gasteiger partial charge in [0.25, 0.3) is 5.91 Å². The van der Waals surface area contributed by atoms with Crippen LogP contribution >= 0.6 is 11.8 Å². The van der Waals surface area contributed by atoms with Crippen LogP contribution in [0.15, 0.2) is 83.8 Å². The van der Waals surface area contributed by atoms with Gasteiger partial charge in [0.1, 0.15) is 5.75 Å². The van der Waals surface area contributed by atoms with Crippen LogP contribution in [-0.4, -0.2) is 19.1 Å². The minimum Gasteiger partial charge on any atom is -0.496 e. The number of hydrogen-bond donors (Lipinski definition) is 1. The summed E-state index contributed by atoms with van der Waals surface area (Å²) < 4.78 is 5.49. The van der Waals surface area contributed by atoms with Crippen molar-refractivity contribution in [2.45, 2.75) is 36.5 Å². The fraction of sp³-hybridized carbons (Fsp3) is 0.240. The van der Waals surface area contributed by atoms with E-state index in [-0.39, 0.29) is 11.9 Å². The number of benzene rings is 3. The lowest BCUT2D eigenvalue weighted by Gasteiger charge is -2.15. The van der Waals surface area contributed by atoms with Crippen LogP contribution in [-0.2, 0) is 12.2 Å². The number of rotatable bonds is 9. The van der Waals surface area contributed by atoms with Crippen LogP contribution in [0.25, 0.3) is 0 Å². The zero-order valence-corrected chi connectivity index (χ0v) is 17.7. The molecular formula is C25H27NO2S. The first-order valence-corrected chi connectivity index (χ1v) is 10.8. The first-order chi connectivity index (χ1) is 14.2. The van der Waals surface area contributed by atoms with Crippen molar-refractivity contribution in [3.05, 3.63) is 95.6 Å². The second kappa shape index (κ2) is 10.7. The van der Waals surface area contributed by atoms with Crippen molar-refractivity contribution >= 4 is 17.7 Å². The maximum atomic E-state index is 12.7. The predicted molar refractivity (Wildman–Crippen MR) is 121 cm³/mol. The fourth-order valence-corrected chi connectivity index (χ4v) is 4.01. The Morgan fingerprint density at radius 1 is 1.00 bits per heavy atom. The Morgan fingerprint density at radius 3 is 2.38 bits per heavy atom. The number of nitrogens with one attached hydrogen (secondary N) is 1. The second-order valence-electron chi connectivity index (χ2n) is 7.03. The first-order valence-electron chi connectivity index (χ1n) is 9.85. The van der Waals surface area contributed by atoms with Crippen LogP contribution in [0.2, 0.25) is 0 Å². The molecular weight excluding hydrogens is 378 g/mol. The smallest absolute Gasteiger partial charge is 0.251 e. The van der Waals surface area contributed by atoms with Crippen molar-refractivity contribution in [2.24, 2.45) is 0 Å². The second-order valence-corrected chi connectivity index (χ2v) is 8.08. The molecule has 0 aliphatic heterocycles. The first kappa shape index (κ1) is 21.0. The van der Waals surface area contributed by atoms with E-state index in [1.54, 1.807) is 18.9 Å². The van der Waals surface area contributed by atoms with E-state index in [9.17, 15) is 4.79 Å². The zero-order valence-electron chi connectivity index (χ0n) is 16.9. The fourth-order valence-electron chi connectivity index (χ4n) is 3.12. The molecule has 29 heavy (non-hydrogen) atoms. The summed E-state index contributed by atoms with van der Waals surface area (Å²) in [5.41, 5.74) is 2.98. The largest absolute Gasteiger partial charge is 0.496 e. The van der Waals surface area contributed by atoms with E-state index in [4.69, 9.17) is 4.74 Å². The summed E-state index contributed by atoms with van der Waals surface area (Å²) >= 11 is 1.73. The molecule has 1 atom stereocenters. The van der Waals surface area contributed by atoms with Crippen LogP contribution in [0.4, 0.5) is 0 Å². The normalized spacial score (nSPS) is 11.7. The summed E-state index contributed by atoms with van der Waals surface area (Å²) in [6.45, 7) is 2.05. The third-order valence-corrected chi connectivity index (χ3v) is 5.83. The molecule has 0 saturated heterocycles. The molecule has 0 aliphatic rings. The van der Waals surface area contributed by atoms with Gasteiger partial charge in [0.05, 0.1) is 7.11 Å². The van der Waals surface area contributed by atoms with Gasteiger partial charge in [-0.2, -0.15) is 0 Å². The average molecular weight is 406 g/mol. The van der Waals surface area contributed by atoms with Crippen molar-refractivity contribution in [1.82, 2.24) is 5.32 Å². The van der Waals surface area contributed by atoms with Gasteiger partial charge in [-0.15, -0.1) is 11.8 Å². The van der Waals surface area contributed by atoms with Gasteiger partial charge in [-0.05, 0) is 55.7 Å². The van der Waals surface area contributed by atoms with Crippen LogP contribution in [0.1, 0.15) is 34.8 Å². The maximum Gasteiger partial charge on any atom is 0.251 e. The van der Waals surface area contributed by atoms with Crippen molar-refractivity contribution < 1.29 is 9.53 Å². The lowest BCUT2D eigenvalue weighted by molar-refractivity contribution is 0.0938. The third kappa shape index (κ3) is 6.40. The molecule has 1 N–H and O–H groups in total. The summed E-state index contributed by atoms with van der Waals surface area (Å²) in [5.74, 6) is 1.51. The van der Waals surface area contributed by atoms with Crippen molar-refractivity contribution in [3.8, 4) is 5.75 Å². The number of thioether (sulfide) groups is 1. The van der Waals surface area contributed by atoms with Gasteiger partial charge in [-0.25, -0.2) is 0 Å². The number of methoxy groups -OCH3 is 1. The van der Waals surface area contributed by atoms with Gasteiger partial charge in [0.15, 0.2) is 0 Å². The average Bonchev–Trinajstić information content (AvgIpc) is 2.77. The molecule has 0 aromatic heterocycles. The standard InChI is InChI=1S/C25H27NO2S/c1-19(13-14-20-9-5-3-6-10-20)26-25(27)21-15-16-24(28-2)22(17-21)18-29-23-11-7-4-8-12-23/h3-12,15-17,19H,13-14,18H2,1-2H3,(H,26,27)/t19-/m0/s1. The lowest BCUT2D eigenvalue weighted by Crippen LogP contribution is -2.32. The Kier molecular flexibility index (Phi) is 7.77. The number of aryl methyl sites for hydroxylation is 1. The van der Waals surface area contributed by atoms with E-state index in [0.29, 0.717) is 5.56 Å². The topological polar surface area (TPSA) is 38.3 Å². The minimum atomic E-state index is -0.0424. The predicted octanol–water partition coefficient (Wildman–Crippen LogP) is 5.74. The molecule has 0 bridgehead atoms. The van der Waals surface area contributed by atoms with Gasteiger partial charge < -0.3 is 10.1 Å². The summed E-state index contributed by atoms with van der Waals surface area (Å²) in [4.78, 5) is 13.9. The summed E-state index contributed by atoms with van der Waals surface area (Å²) in [7, 11) is 1.66. The van der Waals surface area contributed by atoms with E-state index in [0.717, 1.165) is 29.9 Å². The lowest BCUT2D eigenvalue weighted by atomic mass is 10.1. The number of amides is 1. The highest BCUT2D eigenvalue weighted by molar-refractivity contribution is 7.98. The van der Waals surface area contributed by atoms with Gasteiger partial charge in [-0.3, -0.25) is 4.79 Å². The van der Waals surface area contributed by atoms with Gasteiger partial charge >= 0.3 is 0 Å². The Bertz CT molecular complexity index is 913. The monoisotopic (exact) mass is 405 g/mol. The molecule has 0 heterocycles. The SMILES string of the molecule is COc1ccc(C(=O)N[C@@H](C)CCc2ccccc2)cc1CSc1ccccc1. The van der Waals surface area contributed by atoms with Gasteiger partial charge in [-0.1, -0.05) is 48.5 Å². The van der Waals surface area contributed by atoms with Crippen LogP contribution < -0.4 is 10.1 Å². The van der Waals surface area contributed by atoms with E-state index < -0.39 is 0 Å². The molecule has 3 aromatic carbocycles. The molecule has 0 spiro atoms. The Balaban J connectivity index is 1.60. The van der Waals surface area contributed by atoms with Crippen molar-refractivity contribution in [1.29, 1.82) is 0 Å².